The Morgan fingerprint density at radius 3 is 2.95 bits per heavy atom. The van der Waals surface area contributed by atoms with Gasteiger partial charge in [0.15, 0.2) is 5.69 Å². The molecule has 1 N–H and O–H groups in total. The zero-order valence-corrected chi connectivity index (χ0v) is 12.1. The maximum Gasteiger partial charge on any atom is 0.277 e. The summed E-state index contributed by atoms with van der Waals surface area (Å²) in [4.78, 5) is 12.0. The van der Waals surface area contributed by atoms with Crippen LogP contribution in [0.25, 0.3) is 0 Å². The Balaban J connectivity index is 1.68. The number of carbonyl (C=O) groups is 1. The van der Waals surface area contributed by atoms with E-state index >= 15 is 0 Å². The molecular formula is C12H14BrN5O. The molecule has 3 rings (SSSR count). The van der Waals surface area contributed by atoms with Crippen molar-refractivity contribution >= 4 is 27.5 Å². The van der Waals surface area contributed by atoms with Gasteiger partial charge in [-0.15, -0.1) is 0 Å². The van der Waals surface area contributed by atoms with Gasteiger partial charge in [0, 0.05) is 26.0 Å². The van der Waals surface area contributed by atoms with Crippen molar-refractivity contribution in [2.75, 3.05) is 5.32 Å². The van der Waals surface area contributed by atoms with E-state index in [9.17, 15) is 4.79 Å². The van der Waals surface area contributed by atoms with Crippen LogP contribution in [0.3, 0.4) is 0 Å². The molecule has 1 fully saturated rings. The van der Waals surface area contributed by atoms with Crippen LogP contribution in [0.15, 0.2) is 23.1 Å². The Labute approximate surface area is 118 Å². The fourth-order valence-electron chi connectivity index (χ4n) is 1.90. The third-order valence-electron chi connectivity index (χ3n) is 3.03. The molecule has 0 radical (unpaired) electrons. The predicted molar refractivity (Wildman–Crippen MR) is 73.8 cm³/mol. The van der Waals surface area contributed by atoms with Crippen LogP contribution in [-0.2, 0) is 13.6 Å². The predicted octanol–water partition coefficient (Wildman–Crippen LogP) is 2.04. The molecule has 1 saturated carbocycles. The lowest BCUT2D eigenvalue weighted by atomic mass is 10.4. The molecule has 1 aliphatic rings. The van der Waals surface area contributed by atoms with Gasteiger partial charge in [-0.2, -0.15) is 10.2 Å². The highest BCUT2D eigenvalue weighted by atomic mass is 79.9. The first-order valence-corrected chi connectivity index (χ1v) is 6.94. The summed E-state index contributed by atoms with van der Waals surface area (Å²) >= 11 is 3.31. The molecule has 2 heterocycles. The van der Waals surface area contributed by atoms with Crippen molar-refractivity contribution in [2.24, 2.45) is 13.0 Å². The molecule has 7 heteroatoms. The van der Waals surface area contributed by atoms with Gasteiger partial charge in [0.05, 0.1) is 16.4 Å². The Morgan fingerprint density at radius 1 is 1.53 bits per heavy atom. The second kappa shape index (κ2) is 4.80. The molecule has 0 unspecified atom stereocenters. The zero-order valence-electron chi connectivity index (χ0n) is 10.5. The van der Waals surface area contributed by atoms with E-state index in [4.69, 9.17) is 0 Å². The summed E-state index contributed by atoms with van der Waals surface area (Å²) in [7, 11) is 1.77. The molecule has 1 amide bonds. The molecular weight excluding hydrogens is 310 g/mol. The van der Waals surface area contributed by atoms with Crippen molar-refractivity contribution in [3.05, 3.63) is 28.8 Å². The third kappa shape index (κ3) is 2.86. The van der Waals surface area contributed by atoms with Crippen molar-refractivity contribution in [1.29, 1.82) is 0 Å². The van der Waals surface area contributed by atoms with Crippen LogP contribution in [0.4, 0.5) is 5.69 Å². The van der Waals surface area contributed by atoms with E-state index in [1.165, 1.54) is 12.8 Å². The molecule has 0 bridgehead atoms. The van der Waals surface area contributed by atoms with Crippen molar-refractivity contribution in [1.82, 2.24) is 19.6 Å². The van der Waals surface area contributed by atoms with Crippen LogP contribution in [0.1, 0.15) is 23.3 Å². The minimum atomic E-state index is -0.238. The Morgan fingerprint density at radius 2 is 2.32 bits per heavy atom. The number of rotatable bonds is 4. The number of hydrogen-bond donors (Lipinski definition) is 1. The lowest BCUT2D eigenvalue weighted by Gasteiger charge is -2.00. The molecule has 0 spiro atoms. The average molecular weight is 324 g/mol. The molecule has 100 valence electrons. The zero-order chi connectivity index (χ0) is 13.4. The monoisotopic (exact) mass is 323 g/mol. The second-order valence-corrected chi connectivity index (χ2v) is 5.70. The van der Waals surface area contributed by atoms with Gasteiger partial charge in [-0.05, 0) is 34.7 Å². The molecule has 1 aliphatic carbocycles. The number of nitrogens with zero attached hydrogens (tertiary/aromatic N) is 4. The smallest absolute Gasteiger partial charge is 0.277 e. The summed E-state index contributed by atoms with van der Waals surface area (Å²) in [5.41, 5.74) is 1.07. The standard InChI is InChI=1S/C12H14BrN5O/c1-17-7-10(13)11(16-17)12(19)15-9-4-14-18(6-9)5-8-2-3-8/h4,6-8H,2-3,5H2,1H3,(H,15,19). The van der Waals surface area contributed by atoms with E-state index in [0.29, 0.717) is 15.9 Å². The van der Waals surface area contributed by atoms with Crippen molar-refractivity contribution < 1.29 is 4.79 Å². The van der Waals surface area contributed by atoms with E-state index in [1.54, 1.807) is 24.1 Å². The normalized spacial score (nSPS) is 14.6. The van der Waals surface area contributed by atoms with E-state index in [0.717, 1.165) is 12.5 Å². The Bertz CT molecular complexity index is 613. The van der Waals surface area contributed by atoms with Gasteiger partial charge in [0.1, 0.15) is 0 Å². The maximum absolute atomic E-state index is 12.0. The lowest BCUT2D eigenvalue weighted by Crippen LogP contribution is -2.13. The fourth-order valence-corrected chi connectivity index (χ4v) is 2.45. The Hall–Kier alpha value is -1.63. The Kier molecular flexibility index (Phi) is 3.14. The highest BCUT2D eigenvalue weighted by Crippen LogP contribution is 2.30. The number of amides is 1. The molecule has 0 atom stereocenters. The van der Waals surface area contributed by atoms with Gasteiger partial charge in [0.2, 0.25) is 0 Å². The van der Waals surface area contributed by atoms with E-state index in [2.05, 4.69) is 31.4 Å². The first-order chi connectivity index (χ1) is 9.11. The van der Waals surface area contributed by atoms with Crippen LogP contribution in [0.2, 0.25) is 0 Å². The number of anilines is 1. The lowest BCUT2D eigenvalue weighted by molar-refractivity contribution is 0.102. The average Bonchev–Trinajstić information content (AvgIpc) is 2.94. The highest BCUT2D eigenvalue weighted by molar-refractivity contribution is 9.10. The quantitative estimate of drug-likeness (QED) is 0.936. The van der Waals surface area contributed by atoms with E-state index in [1.807, 2.05) is 10.9 Å². The van der Waals surface area contributed by atoms with E-state index < -0.39 is 0 Å². The fraction of sp³-hybridized carbons (Fsp3) is 0.417. The minimum absolute atomic E-state index is 0.238. The van der Waals surface area contributed by atoms with Gasteiger partial charge < -0.3 is 5.32 Å². The summed E-state index contributed by atoms with van der Waals surface area (Å²) in [6.07, 6.45) is 7.82. The third-order valence-corrected chi connectivity index (χ3v) is 3.61. The van der Waals surface area contributed by atoms with Gasteiger partial charge >= 0.3 is 0 Å². The molecule has 0 aliphatic heterocycles. The molecule has 19 heavy (non-hydrogen) atoms. The van der Waals surface area contributed by atoms with Crippen molar-refractivity contribution in [3.63, 3.8) is 0 Å². The molecule has 2 aromatic rings. The summed E-state index contributed by atoms with van der Waals surface area (Å²) in [6, 6.07) is 0. The number of hydrogen-bond acceptors (Lipinski definition) is 3. The van der Waals surface area contributed by atoms with Crippen LogP contribution in [0.5, 0.6) is 0 Å². The van der Waals surface area contributed by atoms with E-state index in [-0.39, 0.29) is 5.91 Å². The van der Waals surface area contributed by atoms with Gasteiger partial charge in [-0.3, -0.25) is 14.2 Å². The first-order valence-electron chi connectivity index (χ1n) is 6.15. The minimum Gasteiger partial charge on any atom is -0.318 e. The largest absolute Gasteiger partial charge is 0.318 e. The van der Waals surface area contributed by atoms with Crippen LogP contribution in [0, 0.1) is 5.92 Å². The van der Waals surface area contributed by atoms with Crippen molar-refractivity contribution in [2.45, 2.75) is 19.4 Å². The van der Waals surface area contributed by atoms with Gasteiger partial charge in [0.25, 0.3) is 5.91 Å². The van der Waals surface area contributed by atoms with Crippen LogP contribution in [-0.4, -0.2) is 25.5 Å². The van der Waals surface area contributed by atoms with Gasteiger partial charge in [-0.1, -0.05) is 0 Å². The molecule has 0 saturated heterocycles. The first kappa shape index (κ1) is 12.4. The molecule has 2 aromatic heterocycles. The SMILES string of the molecule is Cn1cc(Br)c(C(=O)Nc2cnn(CC3CC3)c2)n1. The summed E-state index contributed by atoms with van der Waals surface area (Å²) in [6.45, 7) is 0.934. The topological polar surface area (TPSA) is 64.7 Å². The summed E-state index contributed by atoms with van der Waals surface area (Å²) < 4.78 is 4.15. The number of carbonyl (C=O) groups excluding carboxylic acids is 1. The number of nitrogens with one attached hydrogen (secondary N) is 1. The van der Waals surface area contributed by atoms with Crippen LogP contribution >= 0.6 is 15.9 Å². The second-order valence-electron chi connectivity index (χ2n) is 4.85. The summed E-state index contributed by atoms with van der Waals surface area (Å²) in [5.74, 6) is 0.520. The molecule has 0 aromatic carbocycles. The number of halogens is 1. The number of aryl methyl sites for hydroxylation is 1. The van der Waals surface area contributed by atoms with Crippen LogP contribution < -0.4 is 5.32 Å². The van der Waals surface area contributed by atoms with Gasteiger partial charge in [-0.25, -0.2) is 0 Å². The highest BCUT2D eigenvalue weighted by Gasteiger charge is 2.22. The molecule has 6 nitrogen and oxygen atoms in total. The summed E-state index contributed by atoms with van der Waals surface area (Å²) in [5, 5.41) is 11.1. The number of aromatic nitrogens is 4. The maximum atomic E-state index is 12.0. The van der Waals surface area contributed by atoms with Crippen molar-refractivity contribution in [3.8, 4) is 0 Å².